The van der Waals surface area contributed by atoms with Crippen LogP contribution in [0.1, 0.15) is 18.0 Å². The van der Waals surface area contributed by atoms with Crippen molar-refractivity contribution in [3.63, 3.8) is 0 Å². The lowest BCUT2D eigenvalue weighted by atomic mass is 10.0. The van der Waals surface area contributed by atoms with Crippen LogP contribution in [0.3, 0.4) is 0 Å². The molecule has 1 atom stereocenters. The molecule has 1 aliphatic heterocycles. The molecule has 3 aromatic carbocycles. The highest BCUT2D eigenvalue weighted by atomic mass is 16.5. The monoisotopic (exact) mass is 333 g/mol. The first-order valence-corrected chi connectivity index (χ1v) is 8.42. The summed E-state index contributed by atoms with van der Waals surface area (Å²) in [5, 5.41) is 5.29. The standard InChI is InChI=1S/C21H19NO3/c23-21(22-19-11-12-24-20-8-4-3-7-18(19)20)14-25-17-10-9-15-5-1-2-6-16(15)13-17/h1-10,13,19H,11-12,14H2,(H,22,23)/t19-/m1/s1. The van der Waals surface area contributed by atoms with Gasteiger partial charge in [0.25, 0.3) is 5.91 Å². The Morgan fingerprint density at radius 2 is 1.84 bits per heavy atom. The van der Waals surface area contributed by atoms with Crippen LogP contribution in [0, 0.1) is 0 Å². The molecule has 25 heavy (non-hydrogen) atoms. The lowest BCUT2D eigenvalue weighted by Crippen LogP contribution is -2.35. The van der Waals surface area contributed by atoms with E-state index in [-0.39, 0.29) is 18.6 Å². The molecule has 0 radical (unpaired) electrons. The van der Waals surface area contributed by atoms with Crippen molar-refractivity contribution in [2.24, 2.45) is 0 Å². The van der Waals surface area contributed by atoms with E-state index in [1.165, 1.54) is 0 Å². The minimum absolute atomic E-state index is 0.00212. The number of fused-ring (bicyclic) bond motifs is 2. The van der Waals surface area contributed by atoms with Crippen LogP contribution in [0.4, 0.5) is 0 Å². The Hall–Kier alpha value is -3.01. The Labute approximate surface area is 146 Å². The fourth-order valence-corrected chi connectivity index (χ4v) is 3.13. The summed E-state index contributed by atoms with van der Waals surface area (Å²) in [6.45, 7) is 0.603. The van der Waals surface area contributed by atoms with E-state index in [0.29, 0.717) is 12.4 Å². The zero-order chi connectivity index (χ0) is 17.1. The highest BCUT2D eigenvalue weighted by Gasteiger charge is 2.22. The smallest absolute Gasteiger partial charge is 0.258 e. The molecular weight excluding hydrogens is 314 g/mol. The second-order valence-electron chi connectivity index (χ2n) is 6.09. The van der Waals surface area contributed by atoms with Crippen LogP contribution < -0.4 is 14.8 Å². The van der Waals surface area contributed by atoms with Gasteiger partial charge in [-0.05, 0) is 29.0 Å². The largest absolute Gasteiger partial charge is 0.493 e. The number of hydrogen-bond acceptors (Lipinski definition) is 3. The predicted molar refractivity (Wildman–Crippen MR) is 96.9 cm³/mol. The topological polar surface area (TPSA) is 47.6 Å². The minimum atomic E-state index is -0.130. The maximum Gasteiger partial charge on any atom is 0.258 e. The second-order valence-corrected chi connectivity index (χ2v) is 6.09. The van der Waals surface area contributed by atoms with E-state index < -0.39 is 0 Å². The van der Waals surface area contributed by atoms with Gasteiger partial charge in [0.05, 0.1) is 12.6 Å². The van der Waals surface area contributed by atoms with Crippen molar-refractivity contribution in [1.82, 2.24) is 5.32 Å². The molecule has 0 bridgehead atoms. The van der Waals surface area contributed by atoms with Crippen molar-refractivity contribution in [2.75, 3.05) is 13.2 Å². The molecule has 0 unspecified atom stereocenters. The first-order valence-electron chi connectivity index (χ1n) is 8.42. The zero-order valence-electron chi connectivity index (χ0n) is 13.8. The Balaban J connectivity index is 1.39. The number of benzene rings is 3. The van der Waals surface area contributed by atoms with E-state index in [2.05, 4.69) is 11.4 Å². The Morgan fingerprint density at radius 3 is 2.76 bits per heavy atom. The highest BCUT2D eigenvalue weighted by molar-refractivity contribution is 5.84. The van der Waals surface area contributed by atoms with Gasteiger partial charge in [0.1, 0.15) is 11.5 Å². The van der Waals surface area contributed by atoms with E-state index in [9.17, 15) is 4.79 Å². The molecule has 4 rings (SSSR count). The summed E-state index contributed by atoms with van der Waals surface area (Å²) in [7, 11) is 0. The first-order chi connectivity index (χ1) is 12.3. The number of carbonyl (C=O) groups is 1. The molecular formula is C21H19NO3. The fourth-order valence-electron chi connectivity index (χ4n) is 3.13. The number of para-hydroxylation sites is 1. The SMILES string of the molecule is O=C(COc1ccc2ccccc2c1)N[C@@H]1CCOc2ccccc21. The minimum Gasteiger partial charge on any atom is -0.493 e. The number of carbonyl (C=O) groups excluding carboxylic acids is 1. The molecule has 4 heteroatoms. The quantitative estimate of drug-likeness (QED) is 0.789. The fraction of sp³-hybridized carbons (Fsp3) is 0.190. The van der Waals surface area contributed by atoms with E-state index in [4.69, 9.17) is 9.47 Å². The summed E-state index contributed by atoms with van der Waals surface area (Å²) in [4.78, 5) is 12.3. The maximum atomic E-state index is 12.3. The van der Waals surface area contributed by atoms with Crippen molar-refractivity contribution >= 4 is 16.7 Å². The third-order valence-electron chi connectivity index (χ3n) is 4.38. The molecule has 126 valence electrons. The van der Waals surface area contributed by atoms with E-state index in [1.807, 2.05) is 60.7 Å². The van der Waals surface area contributed by atoms with Crippen LogP contribution in [0.25, 0.3) is 10.8 Å². The summed E-state index contributed by atoms with van der Waals surface area (Å²) in [5.74, 6) is 1.41. The second kappa shape index (κ2) is 6.85. The highest BCUT2D eigenvalue weighted by Crippen LogP contribution is 2.31. The normalized spacial score (nSPS) is 15.9. The summed E-state index contributed by atoms with van der Waals surface area (Å²) in [5.41, 5.74) is 1.02. The van der Waals surface area contributed by atoms with Gasteiger partial charge in [0, 0.05) is 12.0 Å². The number of ether oxygens (including phenoxy) is 2. The molecule has 0 aromatic heterocycles. The summed E-state index contributed by atoms with van der Waals surface area (Å²) in [6, 6.07) is 21.7. The molecule has 1 amide bonds. The number of nitrogens with one attached hydrogen (secondary N) is 1. The van der Waals surface area contributed by atoms with E-state index in [1.54, 1.807) is 0 Å². The van der Waals surface area contributed by atoms with Crippen LogP contribution in [0.15, 0.2) is 66.7 Å². The number of rotatable bonds is 4. The number of hydrogen-bond donors (Lipinski definition) is 1. The Morgan fingerprint density at radius 1 is 1.04 bits per heavy atom. The van der Waals surface area contributed by atoms with Crippen molar-refractivity contribution in [3.05, 3.63) is 72.3 Å². The summed E-state index contributed by atoms with van der Waals surface area (Å²) < 4.78 is 11.3. The maximum absolute atomic E-state index is 12.3. The lowest BCUT2D eigenvalue weighted by Gasteiger charge is -2.26. The van der Waals surface area contributed by atoms with Crippen LogP contribution in [-0.4, -0.2) is 19.1 Å². The Kier molecular flexibility index (Phi) is 4.25. The predicted octanol–water partition coefficient (Wildman–Crippen LogP) is 3.86. The molecule has 4 nitrogen and oxygen atoms in total. The molecule has 1 aliphatic rings. The van der Waals surface area contributed by atoms with Crippen LogP contribution >= 0.6 is 0 Å². The zero-order valence-corrected chi connectivity index (χ0v) is 13.8. The van der Waals surface area contributed by atoms with Gasteiger partial charge in [-0.15, -0.1) is 0 Å². The average molecular weight is 333 g/mol. The van der Waals surface area contributed by atoms with Gasteiger partial charge in [0.2, 0.25) is 0 Å². The first kappa shape index (κ1) is 15.5. The van der Waals surface area contributed by atoms with E-state index >= 15 is 0 Å². The molecule has 0 fully saturated rings. The molecule has 0 spiro atoms. The van der Waals surface area contributed by atoms with Gasteiger partial charge < -0.3 is 14.8 Å². The average Bonchev–Trinajstić information content (AvgIpc) is 2.66. The molecule has 0 saturated carbocycles. The molecule has 3 aromatic rings. The van der Waals surface area contributed by atoms with Crippen LogP contribution in [0.5, 0.6) is 11.5 Å². The summed E-state index contributed by atoms with van der Waals surface area (Å²) in [6.07, 6.45) is 0.763. The molecule has 1 heterocycles. The van der Waals surface area contributed by atoms with Gasteiger partial charge >= 0.3 is 0 Å². The van der Waals surface area contributed by atoms with Crippen molar-refractivity contribution in [2.45, 2.75) is 12.5 Å². The van der Waals surface area contributed by atoms with Crippen LogP contribution in [-0.2, 0) is 4.79 Å². The van der Waals surface area contributed by atoms with Crippen molar-refractivity contribution in [3.8, 4) is 11.5 Å². The van der Waals surface area contributed by atoms with Crippen molar-refractivity contribution < 1.29 is 14.3 Å². The molecule has 1 N–H and O–H groups in total. The van der Waals surface area contributed by atoms with Gasteiger partial charge in [-0.1, -0.05) is 48.5 Å². The summed E-state index contributed by atoms with van der Waals surface area (Å²) >= 11 is 0. The molecule has 0 aliphatic carbocycles. The van der Waals surface area contributed by atoms with Gasteiger partial charge in [-0.2, -0.15) is 0 Å². The van der Waals surface area contributed by atoms with Gasteiger partial charge in [-0.3, -0.25) is 4.79 Å². The van der Waals surface area contributed by atoms with Crippen LogP contribution in [0.2, 0.25) is 0 Å². The third kappa shape index (κ3) is 3.43. The Bertz CT molecular complexity index is 906. The lowest BCUT2D eigenvalue weighted by molar-refractivity contribution is -0.124. The van der Waals surface area contributed by atoms with Gasteiger partial charge in [0.15, 0.2) is 6.61 Å². The van der Waals surface area contributed by atoms with Crippen molar-refractivity contribution in [1.29, 1.82) is 0 Å². The van der Waals surface area contributed by atoms with Gasteiger partial charge in [-0.25, -0.2) is 0 Å². The number of amides is 1. The third-order valence-corrected chi connectivity index (χ3v) is 4.38. The molecule has 0 saturated heterocycles. The van der Waals surface area contributed by atoms with E-state index in [0.717, 1.165) is 28.5 Å².